The number of carboxylic acids is 1. The van der Waals surface area contributed by atoms with Gasteiger partial charge in [-0.25, -0.2) is 9.48 Å². The number of ether oxygens (including phenoxy) is 1. The molecule has 26 heavy (non-hydrogen) atoms. The molecule has 0 saturated carbocycles. The molecule has 3 aromatic rings. The summed E-state index contributed by atoms with van der Waals surface area (Å²) in [5, 5.41) is 13.3. The van der Waals surface area contributed by atoms with E-state index in [1.165, 1.54) is 5.56 Å². The van der Waals surface area contributed by atoms with E-state index in [1.54, 1.807) is 10.7 Å². The predicted molar refractivity (Wildman–Crippen MR) is 101 cm³/mol. The van der Waals surface area contributed by atoms with Crippen LogP contribution in [0.4, 0.5) is 0 Å². The average molecular weight is 350 g/mol. The van der Waals surface area contributed by atoms with Gasteiger partial charge in [0, 0.05) is 11.6 Å². The van der Waals surface area contributed by atoms with Crippen molar-refractivity contribution in [3.63, 3.8) is 0 Å². The molecule has 0 atom stereocenters. The first kappa shape index (κ1) is 17.7. The summed E-state index contributed by atoms with van der Waals surface area (Å²) in [6.07, 6.45) is 0. The van der Waals surface area contributed by atoms with Gasteiger partial charge in [-0.3, -0.25) is 0 Å². The van der Waals surface area contributed by atoms with E-state index in [4.69, 9.17) is 9.84 Å². The van der Waals surface area contributed by atoms with Crippen LogP contribution in [0, 0.1) is 0 Å². The third-order valence-corrected chi connectivity index (χ3v) is 4.08. The summed E-state index contributed by atoms with van der Waals surface area (Å²) < 4.78 is 7.05. The summed E-state index contributed by atoms with van der Waals surface area (Å²) in [7, 11) is 0. The molecule has 0 saturated heterocycles. The van der Waals surface area contributed by atoms with Crippen LogP contribution in [0.5, 0.6) is 5.88 Å². The molecular weight excluding hydrogens is 328 g/mol. The van der Waals surface area contributed by atoms with E-state index in [-0.39, 0.29) is 11.3 Å². The lowest BCUT2D eigenvalue weighted by atomic mass is 9.87. The molecule has 0 aliphatic heterocycles. The molecule has 0 unspecified atom stereocenters. The van der Waals surface area contributed by atoms with Gasteiger partial charge >= 0.3 is 5.97 Å². The van der Waals surface area contributed by atoms with Crippen molar-refractivity contribution in [1.29, 1.82) is 0 Å². The summed E-state index contributed by atoms with van der Waals surface area (Å²) in [6.45, 7) is 6.09. The van der Waals surface area contributed by atoms with Crippen molar-refractivity contribution >= 4 is 5.97 Å². The van der Waals surface area contributed by atoms with E-state index in [9.17, 15) is 4.79 Å². The molecule has 0 radical (unpaired) electrons. The van der Waals surface area contributed by atoms with Gasteiger partial charge in [-0.2, -0.15) is 0 Å². The normalized spacial score (nSPS) is 11.3. The Hall–Kier alpha value is -3.08. The van der Waals surface area contributed by atoms with Crippen LogP contribution in [0.15, 0.2) is 60.7 Å². The third kappa shape index (κ3) is 3.94. The van der Waals surface area contributed by atoms with Crippen LogP contribution < -0.4 is 4.74 Å². The number of carbonyl (C=O) groups is 1. The summed E-state index contributed by atoms with van der Waals surface area (Å²) in [6, 6.07) is 19.8. The average Bonchev–Trinajstić information content (AvgIpc) is 3.04. The topological polar surface area (TPSA) is 64.4 Å². The van der Waals surface area contributed by atoms with Crippen LogP contribution in [-0.2, 0) is 10.2 Å². The molecule has 134 valence electrons. The molecule has 0 fully saturated rings. The fraction of sp³-hybridized carbons (Fsp3) is 0.238. The highest BCUT2D eigenvalue weighted by Crippen LogP contribution is 2.28. The fourth-order valence-corrected chi connectivity index (χ4v) is 2.68. The van der Waals surface area contributed by atoms with Crippen molar-refractivity contribution < 1.29 is 14.6 Å². The van der Waals surface area contributed by atoms with Crippen LogP contribution in [0.2, 0.25) is 0 Å². The monoisotopic (exact) mass is 350 g/mol. The predicted octanol–water partition coefficient (Wildman–Crippen LogP) is 4.30. The largest absolute Gasteiger partial charge is 0.479 e. The number of hydrogen-bond acceptors (Lipinski definition) is 3. The van der Waals surface area contributed by atoms with E-state index < -0.39 is 12.6 Å². The van der Waals surface area contributed by atoms with Gasteiger partial charge < -0.3 is 9.84 Å². The highest BCUT2D eigenvalue weighted by molar-refractivity contribution is 5.69. The number of aromatic nitrogens is 2. The van der Waals surface area contributed by atoms with E-state index in [1.807, 2.05) is 42.5 Å². The maximum absolute atomic E-state index is 10.8. The first-order valence-electron chi connectivity index (χ1n) is 8.45. The Morgan fingerprint density at radius 3 is 2.31 bits per heavy atom. The van der Waals surface area contributed by atoms with E-state index in [0.29, 0.717) is 0 Å². The third-order valence-electron chi connectivity index (χ3n) is 4.08. The highest BCUT2D eigenvalue weighted by atomic mass is 16.5. The SMILES string of the molecule is CC(C)(C)c1ccc(-n2nc(OCC(=O)O)cc2-c2ccccc2)cc1. The Balaban J connectivity index is 2.02. The van der Waals surface area contributed by atoms with Gasteiger partial charge in [-0.1, -0.05) is 63.2 Å². The second-order valence-electron chi connectivity index (χ2n) is 7.12. The second kappa shape index (κ2) is 7.04. The molecule has 0 aliphatic carbocycles. The van der Waals surface area contributed by atoms with E-state index in [2.05, 4.69) is 38.0 Å². The smallest absolute Gasteiger partial charge is 0.341 e. The number of rotatable bonds is 5. The Morgan fingerprint density at radius 1 is 1.08 bits per heavy atom. The number of carboxylic acid groups (broad SMARTS) is 1. The molecule has 5 heteroatoms. The molecule has 1 N–H and O–H groups in total. The molecule has 1 aromatic heterocycles. The molecule has 0 bridgehead atoms. The van der Waals surface area contributed by atoms with E-state index in [0.717, 1.165) is 16.9 Å². The maximum Gasteiger partial charge on any atom is 0.341 e. The van der Waals surface area contributed by atoms with Crippen molar-refractivity contribution in [2.75, 3.05) is 6.61 Å². The number of benzene rings is 2. The number of aliphatic carboxylic acids is 1. The summed E-state index contributed by atoms with van der Waals surface area (Å²) in [5.41, 5.74) is 4.01. The molecule has 0 aliphatic rings. The van der Waals surface area contributed by atoms with Gasteiger partial charge in [0.05, 0.1) is 11.4 Å². The Morgan fingerprint density at radius 2 is 1.73 bits per heavy atom. The minimum absolute atomic E-state index is 0.0701. The first-order chi connectivity index (χ1) is 12.3. The summed E-state index contributed by atoms with van der Waals surface area (Å²) in [5.74, 6) is -0.749. The van der Waals surface area contributed by atoms with Gasteiger partial charge in [-0.15, -0.1) is 5.10 Å². The fourth-order valence-electron chi connectivity index (χ4n) is 2.68. The van der Waals surface area contributed by atoms with Crippen LogP contribution >= 0.6 is 0 Å². The minimum atomic E-state index is -1.03. The minimum Gasteiger partial charge on any atom is -0.479 e. The molecule has 0 amide bonds. The standard InChI is InChI=1S/C21H22N2O3/c1-21(2,3)16-9-11-17(12-10-16)23-18(15-7-5-4-6-8-15)13-19(22-23)26-14-20(24)25/h4-13H,14H2,1-3H3,(H,24,25). The van der Waals surface area contributed by atoms with Crippen LogP contribution in [0.1, 0.15) is 26.3 Å². The molecule has 2 aromatic carbocycles. The molecule has 3 rings (SSSR count). The lowest BCUT2D eigenvalue weighted by Crippen LogP contribution is -2.11. The van der Waals surface area contributed by atoms with Crippen molar-refractivity contribution in [3.05, 3.63) is 66.2 Å². The maximum atomic E-state index is 10.8. The van der Waals surface area contributed by atoms with Gasteiger partial charge in [-0.05, 0) is 23.1 Å². The summed E-state index contributed by atoms with van der Waals surface area (Å²) in [4.78, 5) is 10.8. The molecule has 1 heterocycles. The quantitative estimate of drug-likeness (QED) is 0.745. The second-order valence-corrected chi connectivity index (χ2v) is 7.12. The van der Waals surface area contributed by atoms with Gasteiger partial charge in [0.2, 0.25) is 5.88 Å². The lowest BCUT2D eigenvalue weighted by molar-refractivity contribution is -0.139. The van der Waals surface area contributed by atoms with Crippen molar-refractivity contribution in [2.24, 2.45) is 0 Å². The van der Waals surface area contributed by atoms with Gasteiger partial charge in [0.25, 0.3) is 0 Å². The zero-order valence-corrected chi connectivity index (χ0v) is 15.1. The first-order valence-corrected chi connectivity index (χ1v) is 8.45. The van der Waals surface area contributed by atoms with Crippen molar-refractivity contribution in [3.8, 4) is 22.8 Å². The Bertz CT molecular complexity index is 891. The highest BCUT2D eigenvalue weighted by Gasteiger charge is 2.16. The van der Waals surface area contributed by atoms with Gasteiger partial charge in [0.15, 0.2) is 6.61 Å². The molecule has 0 spiro atoms. The number of nitrogens with zero attached hydrogens (tertiary/aromatic N) is 2. The molecular formula is C21H22N2O3. The summed E-state index contributed by atoms with van der Waals surface area (Å²) >= 11 is 0. The van der Waals surface area contributed by atoms with Crippen LogP contribution in [0.25, 0.3) is 16.9 Å². The van der Waals surface area contributed by atoms with E-state index >= 15 is 0 Å². The molecule has 5 nitrogen and oxygen atoms in total. The van der Waals surface area contributed by atoms with Crippen LogP contribution in [-0.4, -0.2) is 27.5 Å². The number of hydrogen-bond donors (Lipinski definition) is 1. The van der Waals surface area contributed by atoms with Crippen LogP contribution in [0.3, 0.4) is 0 Å². The van der Waals surface area contributed by atoms with Gasteiger partial charge in [0.1, 0.15) is 0 Å². The lowest BCUT2D eigenvalue weighted by Gasteiger charge is -2.19. The Kier molecular flexibility index (Phi) is 4.80. The van der Waals surface area contributed by atoms with Crippen molar-refractivity contribution in [1.82, 2.24) is 9.78 Å². The van der Waals surface area contributed by atoms with Crippen molar-refractivity contribution in [2.45, 2.75) is 26.2 Å². The zero-order valence-electron chi connectivity index (χ0n) is 15.1. The zero-order chi connectivity index (χ0) is 18.7. The Labute approximate surface area is 152 Å².